The van der Waals surface area contributed by atoms with E-state index in [1.54, 1.807) is 0 Å². The molecule has 3 aromatic heterocycles. The predicted octanol–water partition coefficient (Wildman–Crippen LogP) is 15.3. The van der Waals surface area contributed by atoms with E-state index in [1.807, 2.05) is 17.4 Å². The number of para-hydroxylation sites is 2. The molecule has 0 amide bonds. The van der Waals surface area contributed by atoms with E-state index in [-0.39, 0.29) is 0 Å². The summed E-state index contributed by atoms with van der Waals surface area (Å²) < 4.78 is 4.95. The minimum absolute atomic E-state index is 0.603. The SMILES string of the molecule is c1ccc(-c2ccccc2-c2nc(-c3cccc(-c4cccc5c4sc4ccccc45)c3)nc(-c3ccc(-c4ccccc4)c(-n4c5ccccc5c5ccccc54)c3)n2)cc1. The van der Waals surface area contributed by atoms with E-state index in [1.165, 1.54) is 36.5 Å². The maximum Gasteiger partial charge on any atom is 0.164 e. The first-order chi connectivity index (χ1) is 30.7. The van der Waals surface area contributed by atoms with Crippen LogP contribution in [0.2, 0.25) is 0 Å². The Hall–Kier alpha value is -7.99. The fourth-order valence-electron chi connectivity index (χ4n) is 9.00. The van der Waals surface area contributed by atoms with Crippen molar-refractivity contribution in [1.29, 1.82) is 0 Å². The third-order valence-electron chi connectivity index (χ3n) is 11.9. The zero-order valence-corrected chi connectivity index (χ0v) is 34.3. The highest BCUT2D eigenvalue weighted by atomic mass is 32.1. The second-order valence-electron chi connectivity index (χ2n) is 15.5. The summed E-state index contributed by atoms with van der Waals surface area (Å²) in [6.45, 7) is 0. The maximum atomic E-state index is 5.35. The third-order valence-corrected chi connectivity index (χ3v) is 13.1. The molecule has 0 spiro atoms. The Kier molecular flexibility index (Phi) is 8.65. The zero-order chi connectivity index (χ0) is 41.0. The molecule has 0 saturated heterocycles. The van der Waals surface area contributed by atoms with Crippen molar-refractivity contribution >= 4 is 53.3 Å². The zero-order valence-electron chi connectivity index (χ0n) is 33.5. The molecule has 62 heavy (non-hydrogen) atoms. The molecule has 0 aliphatic heterocycles. The average Bonchev–Trinajstić information content (AvgIpc) is 3.90. The molecule has 0 bridgehead atoms. The number of fused-ring (bicyclic) bond motifs is 6. The summed E-state index contributed by atoms with van der Waals surface area (Å²) >= 11 is 1.84. The Morgan fingerprint density at radius 1 is 0.306 bits per heavy atom. The van der Waals surface area contributed by atoms with Crippen LogP contribution in [0.1, 0.15) is 0 Å². The van der Waals surface area contributed by atoms with Crippen molar-refractivity contribution in [2.24, 2.45) is 0 Å². The predicted molar refractivity (Wildman–Crippen MR) is 260 cm³/mol. The number of thiophene rings is 1. The summed E-state index contributed by atoms with van der Waals surface area (Å²) in [7, 11) is 0. The highest BCUT2D eigenvalue weighted by Gasteiger charge is 2.20. The van der Waals surface area contributed by atoms with Gasteiger partial charge in [-0.2, -0.15) is 0 Å². The number of hydrogen-bond donors (Lipinski definition) is 0. The Morgan fingerprint density at radius 2 is 0.806 bits per heavy atom. The van der Waals surface area contributed by atoms with Crippen molar-refractivity contribution in [3.8, 4) is 73.2 Å². The van der Waals surface area contributed by atoms with Crippen LogP contribution < -0.4 is 0 Å². The first kappa shape index (κ1) is 35.9. The van der Waals surface area contributed by atoms with E-state index in [0.717, 1.165) is 61.2 Å². The molecule has 9 aromatic carbocycles. The third kappa shape index (κ3) is 6.09. The molecule has 0 unspecified atom stereocenters. The van der Waals surface area contributed by atoms with Crippen LogP contribution in [-0.4, -0.2) is 19.5 Å². The van der Waals surface area contributed by atoms with Gasteiger partial charge >= 0.3 is 0 Å². The molecule has 0 fully saturated rings. The number of nitrogens with zero attached hydrogens (tertiary/aromatic N) is 4. The van der Waals surface area contributed by atoms with Gasteiger partial charge in [-0.05, 0) is 58.1 Å². The first-order valence-corrected chi connectivity index (χ1v) is 21.7. The van der Waals surface area contributed by atoms with E-state index in [0.29, 0.717) is 17.5 Å². The van der Waals surface area contributed by atoms with Gasteiger partial charge in [0.1, 0.15) is 0 Å². The molecular weight excluding hydrogens is 773 g/mol. The summed E-state index contributed by atoms with van der Waals surface area (Å²) in [6, 6.07) is 77.4. The smallest absolute Gasteiger partial charge is 0.164 e. The average molecular weight is 809 g/mol. The molecule has 290 valence electrons. The van der Waals surface area contributed by atoms with Crippen LogP contribution in [-0.2, 0) is 0 Å². The van der Waals surface area contributed by atoms with Crippen molar-refractivity contribution in [3.63, 3.8) is 0 Å². The van der Waals surface area contributed by atoms with Gasteiger partial charge in [-0.1, -0.05) is 188 Å². The van der Waals surface area contributed by atoms with Gasteiger partial charge in [-0.25, -0.2) is 15.0 Å². The molecule has 12 rings (SSSR count). The molecular formula is C57H36N4S. The molecule has 0 radical (unpaired) electrons. The fourth-order valence-corrected chi connectivity index (χ4v) is 10.2. The van der Waals surface area contributed by atoms with E-state index in [4.69, 9.17) is 15.0 Å². The van der Waals surface area contributed by atoms with Crippen LogP contribution in [0.4, 0.5) is 0 Å². The van der Waals surface area contributed by atoms with Gasteiger partial charge in [0.2, 0.25) is 0 Å². The standard InChI is InChI=1S/C57H36N4S/c1-3-17-37(18-4-1)42-23-7-8-27-49(42)57-59-55(40-22-15-21-39(35-40)44-28-16-29-48-47-26-11-14-32-53(47)62-54(44)48)58-56(60-57)41-33-34-43(38-19-5-2-6-20-38)52(36-41)61-50-30-12-9-24-45(50)46-25-10-13-31-51(46)61/h1-36H. The van der Waals surface area contributed by atoms with Crippen molar-refractivity contribution in [3.05, 3.63) is 218 Å². The number of rotatable bonds is 7. The minimum atomic E-state index is 0.603. The van der Waals surface area contributed by atoms with E-state index in [2.05, 4.69) is 217 Å². The molecule has 4 nitrogen and oxygen atoms in total. The Balaban J connectivity index is 1.09. The van der Waals surface area contributed by atoms with Gasteiger partial charge in [-0.3, -0.25) is 0 Å². The molecule has 0 aliphatic carbocycles. The first-order valence-electron chi connectivity index (χ1n) is 20.9. The molecule has 0 atom stereocenters. The normalized spacial score (nSPS) is 11.5. The maximum absolute atomic E-state index is 5.35. The summed E-state index contributed by atoms with van der Waals surface area (Å²) in [4.78, 5) is 16.0. The monoisotopic (exact) mass is 808 g/mol. The van der Waals surface area contributed by atoms with Crippen LogP contribution >= 0.6 is 11.3 Å². The lowest BCUT2D eigenvalue weighted by Gasteiger charge is -2.17. The minimum Gasteiger partial charge on any atom is -0.309 e. The topological polar surface area (TPSA) is 43.6 Å². The van der Waals surface area contributed by atoms with Gasteiger partial charge in [0, 0.05) is 53.2 Å². The fraction of sp³-hybridized carbons (Fsp3) is 0. The molecule has 5 heteroatoms. The highest BCUT2D eigenvalue weighted by molar-refractivity contribution is 7.26. The molecule has 3 heterocycles. The largest absolute Gasteiger partial charge is 0.309 e. The number of aromatic nitrogens is 4. The Morgan fingerprint density at radius 3 is 1.53 bits per heavy atom. The molecule has 12 aromatic rings. The van der Waals surface area contributed by atoms with Crippen LogP contribution in [0.5, 0.6) is 0 Å². The van der Waals surface area contributed by atoms with Crippen LogP contribution in [0.3, 0.4) is 0 Å². The molecule has 0 aliphatic rings. The van der Waals surface area contributed by atoms with E-state index < -0.39 is 0 Å². The summed E-state index contributed by atoms with van der Waals surface area (Å²) in [5, 5.41) is 4.98. The number of hydrogen-bond acceptors (Lipinski definition) is 4. The van der Waals surface area contributed by atoms with Gasteiger partial charge in [0.25, 0.3) is 0 Å². The Bertz CT molecular complexity index is 3590. The summed E-state index contributed by atoms with van der Waals surface area (Å²) in [5.41, 5.74) is 12.8. The van der Waals surface area contributed by atoms with Crippen molar-refractivity contribution in [1.82, 2.24) is 19.5 Å². The van der Waals surface area contributed by atoms with Gasteiger partial charge < -0.3 is 4.57 Å². The van der Waals surface area contributed by atoms with Crippen LogP contribution in [0, 0.1) is 0 Å². The van der Waals surface area contributed by atoms with Crippen LogP contribution in [0.25, 0.3) is 115 Å². The van der Waals surface area contributed by atoms with E-state index >= 15 is 0 Å². The second-order valence-corrected chi connectivity index (χ2v) is 16.6. The lowest BCUT2D eigenvalue weighted by Crippen LogP contribution is -2.03. The molecule has 0 N–H and O–H groups in total. The Labute approximate surface area is 362 Å². The van der Waals surface area contributed by atoms with Crippen molar-refractivity contribution in [2.45, 2.75) is 0 Å². The van der Waals surface area contributed by atoms with Crippen molar-refractivity contribution < 1.29 is 0 Å². The second kappa shape index (κ2) is 14.9. The van der Waals surface area contributed by atoms with Crippen molar-refractivity contribution in [2.75, 3.05) is 0 Å². The lowest BCUT2D eigenvalue weighted by molar-refractivity contribution is 1.07. The lowest BCUT2D eigenvalue weighted by atomic mass is 9.98. The summed E-state index contributed by atoms with van der Waals surface area (Å²) in [5.74, 6) is 1.84. The van der Waals surface area contributed by atoms with Crippen LogP contribution in [0.15, 0.2) is 218 Å². The van der Waals surface area contributed by atoms with E-state index in [9.17, 15) is 0 Å². The molecule has 0 saturated carbocycles. The van der Waals surface area contributed by atoms with Gasteiger partial charge in [-0.15, -0.1) is 11.3 Å². The summed E-state index contributed by atoms with van der Waals surface area (Å²) in [6.07, 6.45) is 0. The highest BCUT2D eigenvalue weighted by Crippen LogP contribution is 2.42. The number of benzene rings is 9. The quantitative estimate of drug-likeness (QED) is 0.161. The van der Waals surface area contributed by atoms with Gasteiger partial charge in [0.05, 0.1) is 16.7 Å². The van der Waals surface area contributed by atoms with Gasteiger partial charge in [0.15, 0.2) is 17.5 Å².